The summed E-state index contributed by atoms with van der Waals surface area (Å²) in [6, 6.07) is 6.43. The molecule has 1 aliphatic rings. The average molecular weight is 338 g/mol. The normalized spacial score (nSPS) is 20.6. The van der Waals surface area contributed by atoms with Crippen molar-refractivity contribution in [1.29, 1.82) is 0 Å². The topological polar surface area (TPSA) is 66.8 Å². The van der Waals surface area contributed by atoms with Crippen LogP contribution >= 0.6 is 11.8 Å². The number of carbonyl (C=O) groups is 1. The van der Waals surface area contributed by atoms with E-state index < -0.39 is 21.2 Å². The van der Waals surface area contributed by atoms with Crippen LogP contribution in [0.4, 0.5) is 0 Å². The third-order valence-corrected chi connectivity index (χ3v) is 6.34. The molecule has 22 heavy (non-hydrogen) atoms. The number of nitrogens with zero attached hydrogens (tertiary/aromatic N) is 2. The maximum Gasteiger partial charge on any atom is 0.272 e. The Morgan fingerprint density at radius 3 is 2.55 bits per heavy atom. The van der Waals surface area contributed by atoms with Crippen LogP contribution in [0.5, 0.6) is 0 Å². The number of amidine groups is 1. The van der Waals surface area contributed by atoms with Gasteiger partial charge in [0.2, 0.25) is 0 Å². The molecule has 1 aliphatic heterocycles. The lowest BCUT2D eigenvalue weighted by Gasteiger charge is -2.16. The van der Waals surface area contributed by atoms with Crippen molar-refractivity contribution in [3.05, 3.63) is 42.5 Å². The Kier molecular flexibility index (Phi) is 5.08. The molecule has 1 aromatic rings. The van der Waals surface area contributed by atoms with E-state index in [1.807, 2.05) is 13.8 Å². The molecule has 0 radical (unpaired) electrons. The highest BCUT2D eigenvalue weighted by molar-refractivity contribution is 8.17. The first-order valence-corrected chi connectivity index (χ1v) is 9.21. The molecule has 0 bridgehead atoms. The molecule has 1 heterocycles. The maximum absolute atomic E-state index is 12.8. The van der Waals surface area contributed by atoms with Crippen LogP contribution in [0.2, 0.25) is 0 Å². The van der Waals surface area contributed by atoms with E-state index in [-0.39, 0.29) is 16.6 Å². The van der Waals surface area contributed by atoms with Crippen molar-refractivity contribution in [2.75, 3.05) is 6.54 Å². The van der Waals surface area contributed by atoms with Gasteiger partial charge in [-0.25, -0.2) is 8.42 Å². The summed E-state index contributed by atoms with van der Waals surface area (Å²) in [5.74, 6) is -0.434. The van der Waals surface area contributed by atoms with Gasteiger partial charge in [0.25, 0.3) is 15.9 Å². The fraction of sp³-hybridized carbons (Fsp3) is 0.333. The summed E-state index contributed by atoms with van der Waals surface area (Å²) in [5.41, 5.74) is 0.952. The molecule has 5 nitrogen and oxygen atoms in total. The Balaban J connectivity index is 2.47. The van der Waals surface area contributed by atoms with E-state index in [9.17, 15) is 13.2 Å². The minimum absolute atomic E-state index is 0.0927. The summed E-state index contributed by atoms with van der Waals surface area (Å²) in [4.78, 5) is 16.7. The van der Waals surface area contributed by atoms with E-state index in [1.165, 1.54) is 23.9 Å². The Hall–Kier alpha value is -1.60. The number of benzene rings is 1. The molecule has 0 N–H and O–H groups in total. The molecular formula is C15H18N2O3S2. The molecule has 2 rings (SSSR count). The molecule has 7 heteroatoms. The van der Waals surface area contributed by atoms with E-state index in [0.29, 0.717) is 6.42 Å². The second-order valence-corrected chi connectivity index (χ2v) is 7.80. The summed E-state index contributed by atoms with van der Waals surface area (Å²) in [6.45, 7) is 7.56. The van der Waals surface area contributed by atoms with Crippen LogP contribution in [0.1, 0.15) is 18.9 Å². The molecular weight excluding hydrogens is 320 g/mol. The van der Waals surface area contributed by atoms with Crippen LogP contribution in [0.3, 0.4) is 0 Å². The Morgan fingerprint density at radius 1 is 1.36 bits per heavy atom. The molecule has 1 amide bonds. The van der Waals surface area contributed by atoms with Gasteiger partial charge in [-0.05, 0) is 25.5 Å². The van der Waals surface area contributed by atoms with E-state index in [4.69, 9.17) is 0 Å². The molecule has 0 unspecified atom stereocenters. The van der Waals surface area contributed by atoms with Crippen molar-refractivity contribution in [2.24, 2.45) is 4.99 Å². The van der Waals surface area contributed by atoms with E-state index in [1.54, 1.807) is 18.2 Å². The first kappa shape index (κ1) is 16.8. The number of aliphatic imine (C=N–C) groups is 1. The number of rotatable bonds is 5. The van der Waals surface area contributed by atoms with E-state index in [0.717, 1.165) is 9.87 Å². The predicted molar refractivity (Wildman–Crippen MR) is 89.4 cm³/mol. The van der Waals surface area contributed by atoms with Crippen molar-refractivity contribution < 1.29 is 13.2 Å². The Labute approximate surface area is 135 Å². The maximum atomic E-state index is 12.8. The summed E-state index contributed by atoms with van der Waals surface area (Å²) in [6.07, 6.45) is 2.12. The minimum Gasteiger partial charge on any atom is -0.272 e. The van der Waals surface area contributed by atoms with Crippen molar-refractivity contribution in [2.45, 2.75) is 30.4 Å². The van der Waals surface area contributed by atoms with Crippen LogP contribution in [0.25, 0.3) is 0 Å². The number of hydrogen-bond donors (Lipinski definition) is 0. The van der Waals surface area contributed by atoms with Gasteiger partial charge >= 0.3 is 0 Å². The zero-order valence-corrected chi connectivity index (χ0v) is 14.2. The zero-order chi connectivity index (χ0) is 16.3. The highest BCUT2D eigenvalue weighted by Gasteiger charge is 2.44. The lowest BCUT2D eigenvalue weighted by Crippen LogP contribution is -2.37. The Bertz CT molecular complexity index is 709. The van der Waals surface area contributed by atoms with Crippen molar-refractivity contribution in [1.82, 2.24) is 4.31 Å². The van der Waals surface area contributed by atoms with Gasteiger partial charge in [-0.2, -0.15) is 4.31 Å². The highest BCUT2D eigenvalue weighted by atomic mass is 32.2. The van der Waals surface area contributed by atoms with Gasteiger partial charge in [-0.3, -0.25) is 9.79 Å². The number of hydrogen-bond acceptors (Lipinski definition) is 5. The van der Waals surface area contributed by atoms with Crippen molar-refractivity contribution >= 4 is 32.9 Å². The second-order valence-electron chi connectivity index (χ2n) is 4.85. The lowest BCUT2D eigenvalue weighted by molar-refractivity contribution is -0.122. The van der Waals surface area contributed by atoms with Crippen molar-refractivity contribution in [3.8, 4) is 0 Å². The standard InChI is InChI=1S/C15H18N2O3S2/c1-4-10-16-15-17(14(18)13(5-2)21-15)22(19,20)12-8-6-11(3)7-9-12/h4,6-9,13H,1,5,10H2,2-3H3/t13-/m0/s1. The SMILES string of the molecule is C=CCN=C1S[C@@H](CC)C(=O)N1S(=O)(=O)c1ccc(C)cc1. The molecule has 1 fully saturated rings. The fourth-order valence-corrected chi connectivity index (χ4v) is 4.76. The largest absolute Gasteiger partial charge is 0.272 e. The second kappa shape index (κ2) is 6.66. The molecule has 0 spiro atoms. The number of sulfonamides is 1. The van der Waals surface area contributed by atoms with Gasteiger partial charge in [0, 0.05) is 0 Å². The van der Waals surface area contributed by atoms with Gasteiger partial charge in [0.1, 0.15) is 0 Å². The van der Waals surface area contributed by atoms with E-state index in [2.05, 4.69) is 11.6 Å². The van der Waals surface area contributed by atoms with Crippen LogP contribution in [0, 0.1) is 6.92 Å². The summed E-state index contributed by atoms with van der Waals surface area (Å²) in [5, 5.41) is -0.193. The molecule has 1 atom stereocenters. The Morgan fingerprint density at radius 2 is 2.00 bits per heavy atom. The summed E-state index contributed by atoms with van der Waals surface area (Å²) >= 11 is 1.19. The monoisotopic (exact) mass is 338 g/mol. The quantitative estimate of drug-likeness (QED) is 0.774. The van der Waals surface area contributed by atoms with Crippen LogP contribution in [-0.4, -0.2) is 35.6 Å². The zero-order valence-electron chi connectivity index (χ0n) is 12.5. The number of amides is 1. The van der Waals surface area contributed by atoms with Gasteiger partial charge in [0.05, 0.1) is 16.7 Å². The molecule has 0 aliphatic carbocycles. The molecule has 0 saturated carbocycles. The predicted octanol–water partition coefficient (Wildman–Crippen LogP) is 2.58. The molecule has 0 aromatic heterocycles. The highest BCUT2D eigenvalue weighted by Crippen LogP contribution is 2.33. The average Bonchev–Trinajstić information content (AvgIpc) is 2.82. The third-order valence-electron chi connectivity index (χ3n) is 3.18. The van der Waals surface area contributed by atoms with E-state index >= 15 is 0 Å². The number of thioether (sulfide) groups is 1. The fourth-order valence-electron chi connectivity index (χ4n) is 1.99. The van der Waals surface area contributed by atoms with Crippen LogP contribution in [-0.2, 0) is 14.8 Å². The molecule has 1 aromatic carbocycles. The number of carbonyl (C=O) groups excluding carboxylic acids is 1. The van der Waals surface area contributed by atoms with Gasteiger partial charge in [-0.1, -0.05) is 42.5 Å². The minimum atomic E-state index is -3.93. The molecule has 1 saturated heterocycles. The number of aryl methyl sites for hydroxylation is 1. The van der Waals surface area contributed by atoms with Gasteiger partial charge in [0.15, 0.2) is 5.17 Å². The summed E-state index contributed by atoms with van der Waals surface area (Å²) < 4.78 is 26.4. The van der Waals surface area contributed by atoms with Crippen molar-refractivity contribution in [3.63, 3.8) is 0 Å². The van der Waals surface area contributed by atoms with Gasteiger partial charge in [-0.15, -0.1) is 6.58 Å². The smallest absolute Gasteiger partial charge is 0.272 e. The third kappa shape index (κ3) is 3.10. The van der Waals surface area contributed by atoms with Crippen LogP contribution in [0.15, 0.2) is 46.8 Å². The first-order valence-electron chi connectivity index (χ1n) is 6.89. The lowest BCUT2D eigenvalue weighted by atomic mass is 10.2. The first-order chi connectivity index (χ1) is 10.4. The van der Waals surface area contributed by atoms with Gasteiger partial charge < -0.3 is 0 Å². The van der Waals surface area contributed by atoms with Crippen LogP contribution < -0.4 is 0 Å². The summed E-state index contributed by atoms with van der Waals surface area (Å²) in [7, 11) is -3.93. The molecule has 118 valence electrons.